The molecule has 3 aromatic heterocycles. The summed E-state index contributed by atoms with van der Waals surface area (Å²) in [4.78, 5) is 9.87. The van der Waals surface area contributed by atoms with Crippen LogP contribution in [-0.2, 0) is 0 Å². The lowest BCUT2D eigenvalue weighted by Crippen LogP contribution is -2.44. The molecular weight excluding hydrogens is 400 g/mol. The monoisotopic (exact) mass is 430 g/mol. The number of fused-ring (bicyclic) bond motifs is 1. The number of nitrogens with zero attached hydrogens (tertiary/aromatic N) is 6. The van der Waals surface area contributed by atoms with E-state index in [2.05, 4.69) is 40.0 Å². The zero-order chi connectivity index (χ0) is 22.1. The van der Waals surface area contributed by atoms with Crippen LogP contribution in [0.1, 0.15) is 38.7 Å². The first-order chi connectivity index (χ1) is 15.6. The highest BCUT2D eigenvalue weighted by molar-refractivity contribution is 5.85. The van der Waals surface area contributed by atoms with E-state index in [9.17, 15) is 5.26 Å². The molecule has 2 fully saturated rings. The summed E-state index contributed by atoms with van der Waals surface area (Å²) in [6, 6.07) is 8.44. The van der Waals surface area contributed by atoms with Gasteiger partial charge in [0.1, 0.15) is 17.6 Å². The molecule has 1 spiro atoms. The van der Waals surface area contributed by atoms with Crippen LogP contribution in [0.25, 0.3) is 16.6 Å². The minimum Gasteiger partial charge on any atom is -0.492 e. The van der Waals surface area contributed by atoms with Crippen molar-refractivity contribution in [1.82, 2.24) is 19.5 Å². The fourth-order valence-electron chi connectivity index (χ4n) is 5.42. The van der Waals surface area contributed by atoms with Crippen molar-refractivity contribution >= 4 is 11.3 Å². The molecule has 166 valence electrons. The van der Waals surface area contributed by atoms with Crippen molar-refractivity contribution < 1.29 is 4.74 Å². The first-order valence-electron chi connectivity index (χ1n) is 11.6. The van der Waals surface area contributed by atoms with Crippen molar-refractivity contribution in [1.29, 1.82) is 5.26 Å². The van der Waals surface area contributed by atoms with Crippen LogP contribution in [0.15, 0.2) is 36.8 Å². The Morgan fingerprint density at radius 2 is 2.06 bits per heavy atom. The van der Waals surface area contributed by atoms with Crippen LogP contribution < -0.4 is 9.64 Å². The zero-order valence-corrected chi connectivity index (χ0v) is 18.9. The lowest BCUT2D eigenvalue weighted by molar-refractivity contribution is 0.110. The minimum absolute atomic E-state index is 0.409. The molecule has 0 aromatic carbocycles. The summed E-state index contributed by atoms with van der Waals surface area (Å²) >= 11 is 0. The summed E-state index contributed by atoms with van der Waals surface area (Å²) in [6.07, 6.45) is 9.19. The van der Waals surface area contributed by atoms with Gasteiger partial charge in [0.05, 0.1) is 30.1 Å². The van der Waals surface area contributed by atoms with E-state index in [1.54, 1.807) is 10.7 Å². The van der Waals surface area contributed by atoms with Crippen LogP contribution in [0, 0.1) is 16.7 Å². The Morgan fingerprint density at radius 3 is 2.81 bits per heavy atom. The van der Waals surface area contributed by atoms with Gasteiger partial charge in [0.15, 0.2) is 0 Å². The number of aromatic nitrogens is 3. The third-order valence-corrected chi connectivity index (χ3v) is 7.03. The maximum atomic E-state index is 9.55. The number of ether oxygens (including phenoxy) is 1. The zero-order valence-electron chi connectivity index (χ0n) is 18.9. The second-order valence-electron chi connectivity index (χ2n) is 9.03. The first-order valence-corrected chi connectivity index (χ1v) is 11.6. The number of hydrogen-bond donors (Lipinski definition) is 0. The molecule has 0 saturated carbocycles. The van der Waals surface area contributed by atoms with E-state index in [4.69, 9.17) is 9.72 Å². The van der Waals surface area contributed by atoms with E-state index in [1.807, 2.05) is 25.4 Å². The Hall–Kier alpha value is -3.11. The number of piperidine rings is 1. The van der Waals surface area contributed by atoms with Crippen LogP contribution in [0.2, 0.25) is 0 Å². The van der Waals surface area contributed by atoms with Crippen molar-refractivity contribution in [3.05, 3.63) is 42.4 Å². The molecule has 0 bridgehead atoms. The molecule has 32 heavy (non-hydrogen) atoms. The number of pyridine rings is 2. The van der Waals surface area contributed by atoms with Gasteiger partial charge in [0.2, 0.25) is 0 Å². The van der Waals surface area contributed by atoms with Crippen molar-refractivity contribution in [3.63, 3.8) is 0 Å². The maximum Gasteiger partial charge on any atom is 0.138 e. The molecule has 2 saturated heterocycles. The van der Waals surface area contributed by atoms with Gasteiger partial charge in [-0.25, -0.2) is 9.50 Å². The quantitative estimate of drug-likeness (QED) is 0.610. The molecule has 5 rings (SSSR count). The molecule has 0 radical (unpaired) electrons. The molecule has 2 aliphatic rings. The summed E-state index contributed by atoms with van der Waals surface area (Å²) in [7, 11) is 0. The third kappa shape index (κ3) is 3.69. The number of likely N-dealkylation sites (tertiary alicyclic amines) is 1. The Balaban J connectivity index is 1.43. The summed E-state index contributed by atoms with van der Waals surface area (Å²) in [5.74, 6) is 1.76. The standard InChI is InChI=1S/C25H30N6O/c1-3-29-10-5-8-25(17-29)9-11-30(18-25)23-7-6-19(14-27-23)22-12-21(32-4-2)16-31-24(22)20(13-26)15-28-31/h6-7,12,14-16H,3-5,8-11,17-18H2,1-2H3. The van der Waals surface area contributed by atoms with E-state index in [-0.39, 0.29) is 0 Å². The Morgan fingerprint density at radius 1 is 1.16 bits per heavy atom. The highest BCUT2D eigenvalue weighted by atomic mass is 16.5. The lowest BCUT2D eigenvalue weighted by atomic mass is 9.79. The van der Waals surface area contributed by atoms with Gasteiger partial charge in [-0.15, -0.1) is 0 Å². The van der Waals surface area contributed by atoms with Gasteiger partial charge < -0.3 is 14.5 Å². The van der Waals surface area contributed by atoms with Gasteiger partial charge in [-0.05, 0) is 57.5 Å². The average molecular weight is 431 g/mol. The van der Waals surface area contributed by atoms with Gasteiger partial charge in [0.25, 0.3) is 0 Å². The van der Waals surface area contributed by atoms with Crippen molar-refractivity contribution in [2.45, 2.75) is 33.1 Å². The third-order valence-electron chi connectivity index (χ3n) is 7.03. The van der Waals surface area contributed by atoms with Crippen LogP contribution in [0.3, 0.4) is 0 Å². The number of anilines is 1. The fraction of sp³-hybridized carbons (Fsp3) is 0.480. The fourth-order valence-corrected chi connectivity index (χ4v) is 5.42. The topological polar surface area (TPSA) is 69.7 Å². The largest absolute Gasteiger partial charge is 0.492 e. The van der Waals surface area contributed by atoms with Crippen LogP contribution in [0.4, 0.5) is 5.82 Å². The van der Waals surface area contributed by atoms with Gasteiger partial charge in [-0.3, -0.25) is 0 Å². The molecule has 0 amide bonds. The second kappa shape index (κ2) is 8.44. The minimum atomic E-state index is 0.409. The molecule has 7 nitrogen and oxygen atoms in total. The molecule has 1 atom stereocenters. The van der Waals surface area contributed by atoms with Gasteiger partial charge >= 0.3 is 0 Å². The molecule has 0 aliphatic carbocycles. The van der Waals surface area contributed by atoms with E-state index < -0.39 is 0 Å². The number of rotatable bonds is 5. The Labute approximate surface area is 189 Å². The summed E-state index contributed by atoms with van der Waals surface area (Å²) in [6.45, 7) is 10.5. The number of nitriles is 1. The van der Waals surface area contributed by atoms with E-state index in [0.29, 0.717) is 17.6 Å². The number of hydrogen-bond acceptors (Lipinski definition) is 6. The van der Waals surface area contributed by atoms with Crippen molar-refractivity contribution in [3.8, 4) is 22.9 Å². The van der Waals surface area contributed by atoms with E-state index in [0.717, 1.165) is 47.8 Å². The SMILES string of the molecule is CCOc1cc(-c2ccc(N3CCC4(CCCN(CC)C4)C3)nc2)c2c(C#N)cnn2c1. The Bertz CT molecular complexity index is 1150. The first kappa shape index (κ1) is 20.8. The highest BCUT2D eigenvalue weighted by Gasteiger charge is 2.41. The molecule has 0 N–H and O–H groups in total. The van der Waals surface area contributed by atoms with Crippen molar-refractivity contribution in [2.24, 2.45) is 5.41 Å². The normalized spacial score (nSPS) is 21.3. The van der Waals surface area contributed by atoms with E-state index >= 15 is 0 Å². The summed E-state index contributed by atoms with van der Waals surface area (Å²) in [5, 5.41) is 13.9. The molecule has 2 aliphatic heterocycles. The molecular formula is C25H30N6O. The van der Waals surface area contributed by atoms with Crippen molar-refractivity contribution in [2.75, 3.05) is 44.2 Å². The van der Waals surface area contributed by atoms with Gasteiger partial charge in [-0.1, -0.05) is 6.92 Å². The summed E-state index contributed by atoms with van der Waals surface area (Å²) < 4.78 is 7.45. The maximum absolute atomic E-state index is 9.55. The second-order valence-corrected chi connectivity index (χ2v) is 9.03. The molecule has 5 heterocycles. The molecule has 1 unspecified atom stereocenters. The lowest BCUT2D eigenvalue weighted by Gasteiger charge is -2.40. The predicted molar refractivity (Wildman–Crippen MR) is 125 cm³/mol. The van der Waals surface area contributed by atoms with Gasteiger partial charge in [0, 0.05) is 42.4 Å². The average Bonchev–Trinajstić information content (AvgIpc) is 3.43. The van der Waals surface area contributed by atoms with Crippen LogP contribution in [0.5, 0.6) is 5.75 Å². The van der Waals surface area contributed by atoms with Crippen LogP contribution >= 0.6 is 0 Å². The van der Waals surface area contributed by atoms with E-state index in [1.165, 1.54) is 32.4 Å². The summed E-state index contributed by atoms with van der Waals surface area (Å²) in [5.41, 5.74) is 3.61. The smallest absolute Gasteiger partial charge is 0.138 e. The van der Waals surface area contributed by atoms with Crippen LogP contribution in [-0.4, -0.2) is 58.8 Å². The van der Waals surface area contributed by atoms with Gasteiger partial charge in [-0.2, -0.15) is 10.4 Å². The molecule has 3 aromatic rings. The Kier molecular flexibility index (Phi) is 5.48. The molecule has 7 heteroatoms. The highest BCUT2D eigenvalue weighted by Crippen LogP contribution is 2.40. The predicted octanol–water partition coefficient (Wildman–Crippen LogP) is 3.98.